The third-order valence-electron chi connectivity index (χ3n) is 4.77. The van der Waals surface area contributed by atoms with Crippen molar-refractivity contribution in [3.8, 4) is 11.4 Å². The van der Waals surface area contributed by atoms with Crippen molar-refractivity contribution >= 4 is 23.1 Å². The summed E-state index contributed by atoms with van der Waals surface area (Å²) in [4.78, 5) is 4.41. The SMILES string of the molecule is Cc1ccc(/C=C/c2nc(-c3ccc4oc(C(N)(CO)CO)cc4c3)no2)cc1. The van der Waals surface area contributed by atoms with Crippen LogP contribution in [0.5, 0.6) is 0 Å². The van der Waals surface area contributed by atoms with Crippen LogP contribution in [-0.4, -0.2) is 33.6 Å². The Morgan fingerprint density at radius 2 is 1.79 bits per heavy atom. The Bertz CT molecular complexity index is 1150. The third-order valence-corrected chi connectivity index (χ3v) is 4.77. The molecule has 4 rings (SSSR count). The highest BCUT2D eigenvalue weighted by molar-refractivity contribution is 5.83. The summed E-state index contributed by atoms with van der Waals surface area (Å²) in [6.07, 6.45) is 3.67. The van der Waals surface area contributed by atoms with E-state index in [1.807, 2.05) is 49.4 Å². The smallest absolute Gasteiger partial charge is 0.250 e. The molecule has 4 aromatic rings. The van der Waals surface area contributed by atoms with E-state index < -0.39 is 18.8 Å². The summed E-state index contributed by atoms with van der Waals surface area (Å²) in [5.74, 6) is 1.15. The minimum absolute atomic E-state index is 0.310. The number of hydrogen-bond donors (Lipinski definition) is 3. The van der Waals surface area contributed by atoms with Crippen LogP contribution in [0.25, 0.3) is 34.5 Å². The average molecular weight is 391 g/mol. The Hall–Kier alpha value is -3.26. The molecule has 2 heterocycles. The predicted molar refractivity (Wildman–Crippen MR) is 110 cm³/mol. The van der Waals surface area contributed by atoms with Crippen LogP contribution < -0.4 is 5.73 Å². The zero-order valence-corrected chi connectivity index (χ0v) is 15.9. The van der Waals surface area contributed by atoms with Gasteiger partial charge in [0, 0.05) is 17.0 Å². The molecule has 0 amide bonds. The minimum atomic E-state index is -1.33. The molecular formula is C22H21N3O4. The van der Waals surface area contributed by atoms with Crippen molar-refractivity contribution in [2.24, 2.45) is 5.73 Å². The van der Waals surface area contributed by atoms with Gasteiger partial charge in [0.1, 0.15) is 16.9 Å². The van der Waals surface area contributed by atoms with Gasteiger partial charge in [-0.05, 0) is 42.8 Å². The van der Waals surface area contributed by atoms with Gasteiger partial charge in [0.25, 0.3) is 5.89 Å². The first-order valence-electron chi connectivity index (χ1n) is 9.14. The van der Waals surface area contributed by atoms with Gasteiger partial charge in [-0.15, -0.1) is 0 Å². The van der Waals surface area contributed by atoms with Gasteiger partial charge in [0.05, 0.1) is 13.2 Å². The lowest BCUT2D eigenvalue weighted by molar-refractivity contribution is 0.105. The number of fused-ring (bicyclic) bond motifs is 1. The normalized spacial score (nSPS) is 12.3. The van der Waals surface area contributed by atoms with E-state index in [0.29, 0.717) is 23.1 Å². The zero-order chi connectivity index (χ0) is 20.4. The molecule has 0 aliphatic heterocycles. The summed E-state index contributed by atoms with van der Waals surface area (Å²) < 4.78 is 11.0. The second kappa shape index (κ2) is 7.63. The molecule has 0 saturated heterocycles. The molecule has 0 radical (unpaired) electrons. The summed E-state index contributed by atoms with van der Waals surface area (Å²) in [7, 11) is 0. The molecule has 0 spiro atoms. The maximum Gasteiger partial charge on any atom is 0.250 e. The highest BCUT2D eigenvalue weighted by atomic mass is 16.5. The fourth-order valence-corrected chi connectivity index (χ4v) is 2.90. The molecule has 29 heavy (non-hydrogen) atoms. The van der Waals surface area contributed by atoms with Crippen molar-refractivity contribution in [1.82, 2.24) is 10.1 Å². The van der Waals surface area contributed by atoms with Gasteiger partial charge in [-0.2, -0.15) is 4.98 Å². The Kier molecular flexibility index (Phi) is 5.02. The first-order chi connectivity index (χ1) is 14.0. The molecule has 0 bridgehead atoms. The van der Waals surface area contributed by atoms with Crippen LogP contribution >= 0.6 is 0 Å². The average Bonchev–Trinajstić information content (AvgIpc) is 3.39. The summed E-state index contributed by atoms with van der Waals surface area (Å²) in [5, 5.41) is 23.7. The van der Waals surface area contributed by atoms with E-state index in [2.05, 4.69) is 10.1 Å². The molecule has 0 aliphatic carbocycles. The van der Waals surface area contributed by atoms with Gasteiger partial charge in [0.2, 0.25) is 5.82 Å². The van der Waals surface area contributed by atoms with E-state index in [0.717, 1.165) is 16.5 Å². The Morgan fingerprint density at radius 3 is 2.52 bits per heavy atom. The minimum Gasteiger partial charge on any atom is -0.459 e. The number of aliphatic hydroxyl groups excluding tert-OH is 2. The van der Waals surface area contributed by atoms with Gasteiger partial charge < -0.3 is 24.9 Å². The zero-order valence-electron chi connectivity index (χ0n) is 15.9. The molecule has 0 atom stereocenters. The summed E-state index contributed by atoms with van der Waals surface area (Å²) in [5.41, 5.74) is 8.23. The van der Waals surface area contributed by atoms with E-state index in [-0.39, 0.29) is 0 Å². The van der Waals surface area contributed by atoms with Crippen LogP contribution in [0.15, 0.2) is 57.5 Å². The predicted octanol–water partition coefficient (Wildman–Crippen LogP) is 3.10. The van der Waals surface area contributed by atoms with Crippen molar-refractivity contribution in [2.45, 2.75) is 12.5 Å². The quantitative estimate of drug-likeness (QED) is 0.462. The van der Waals surface area contributed by atoms with Gasteiger partial charge in [-0.1, -0.05) is 35.0 Å². The fourth-order valence-electron chi connectivity index (χ4n) is 2.90. The molecule has 7 nitrogen and oxygen atoms in total. The number of aryl methyl sites for hydroxylation is 1. The van der Waals surface area contributed by atoms with Crippen molar-refractivity contribution in [1.29, 1.82) is 0 Å². The van der Waals surface area contributed by atoms with Crippen LogP contribution in [0.4, 0.5) is 0 Å². The molecule has 0 fully saturated rings. The standard InChI is InChI=1S/C22H21N3O4/c1-14-2-4-15(5-3-14)6-9-20-24-21(25-29-20)16-7-8-18-17(10-16)11-19(28-18)22(23,12-26)13-27/h2-11,26-27H,12-13,23H2,1H3/b9-6+. The van der Waals surface area contributed by atoms with Crippen LogP contribution in [0.3, 0.4) is 0 Å². The largest absolute Gasteiger partial charge is 0.459 e. The van der Waals surface area contributed by atoms with E-state index >= 15 is 0 Å². The number of benzene rings is 2. The first-order valence-corrected chi connectivity index (χ1v) is 9.14. The molecule has 2 aromatic carbocycles. The van der Waals surface area contributed by atoms with Gasteiger partial charge in [0.15, 0.2) is 0 Å². The second-order valence-corrected chi connectivity index (χ2v) is 7.04. The molecule has 2 aromatic heterocycles. The lowest BCUT2D eigenvalue weighted by Crippen LogP contribution is -2.43. The number of nitrogens with two attached hydrogens (primary N) is 1. The lowest BCUT2D eigenvalue weighted by atomic mass is 10.00. The number of furan rings is 1. The van der Waals surface area contributed by atoms with Crippen molar-refractivity contribution in [3.05, 3.63) is 71.3 Å². The molecule has 0 unspecified atom stereocenters. The maximum atomic E-state index is 9.46. The number of aliphatic hydroxyl groups is 2. The Labute approximate surface area is 167 Å². The number of aromatic nitrogens is 2. The number of rotatable bonds is 6. The molecule has 148 valence electrons. The monoisotopic (exact) mass is 391 g/mol. The molecule has 4 N–H and O–H groups in total. The summed E-state index contributed by atoms with van der Waals surface area (Å²) in [6.45, 7) is 1.17. The third kappa shape index (κ3) is 3.84. The van der Waals surface area contributed by atoms with E-state index in [1.54, 1.807) is 18.2 Å². The molecule has 7 heteroatoms. The summed E-state index contributed by atoms with van der Waals surface area (Å²) in [6, 6.07) is 15.2. The van der Waals surface area contributed by atoms with Gasteiger partial charge in [-0.25, -0.2) is 0 Å². The fraction of sp³-hybridized carbons (Fsp3) is 0.182. The molecular weight excluding hydrogens is 370 g/mol. The van der Waals surface area contributed by atoms with Crippen LogP contribution in [0, 0.1) is 6.92 Å². The second-order valence-electron chi connectivity index (χ2n) is 7.04. The van der Waals surface area contributed by atoms with Gasteiger partial charge in [-0.3, -0.25) is 0 Å². The van der Waals surface area contributed by atoms with Crippen molar-refractivity contribution in [2.75, 3.05) is 13.2 Å². The number of nitrogens with zero attached hydrogens (tertiary/aromatic N) is 2. The maximum absolute atomic E-state index is 9.46. The number of hydrogen-bond acceptors (Lipinski definition) is 7. The van der Waals surface area contributed by atoms with Crippen molar-refractivity contribution in [3.63, 3.8) is 0 Å². The van der Waals surface area contributed by atoms with E-state index in [4.69, 9.17) is 14.7 Å². The van der Waals surface area contributed by atoms with Crippen LogP contribution in [0.1, 0.15) is 22.8 Å². The van der Waals surface area contributed by atoms with E-state index in [1.165, 1.54) is 5.56 Å². The first kappa shape index (κ1) is 19.1. The Morgan fingerprint density at radius 1 is 1.03 bits per heavy atom. The van der Waals surface area contributed by atoms with E-state index in [9.17, 15) is 10.2 Å². The molecule has 0 aliphatic rings. The molecule has 0 saturated carbocycles. The topological polar surface area (TPSA) is 119 Å². The van der Waals surface area contributed by atoms with Crippen LogP contribution in [-0.2, 0) is 5.54 Å². The van der Waals surface area contributed by atoms with Gasteiger partial charge >= 0.3 is 0 Å². The lowest BCUT2D eigenvalue weighted by Gasteiger charge is -2.21. The Balaban J connectivity index is 1.59. The summed E-state index contributed by atoms with van der Waals surface area (Å²) >= 11 is 0. The van der Waals surface area contributed by atoms with Crippen molar-refractivity contribution < 1.29 is 19.2 Å². The highest BCUT2D eigenvalue weighted by Crippen LogP contribution is 2.29. The van der Waals surface area contributed by atoms with Crippen LogP contribution in [0.2, 0.25) is 0 Å². The highest BCUT2D eigenvalue weighted by Gasteiger charge is 2.30.